The molecule has 0 unspecified atom stereocenters. The van der Waals surface area contributed by atoms with Crippen molar-refractivity contribution in [2.75, 3.05) is 32.0 Å². The minimum atomic E-state index is -0.449. The van der Waals surface area contributed by atoms with E-state index >= 15 is 0 Å². The average molecular weight is 373 g/mol. The Bertz CT molecular complexity index is 893. The Kier molecular flexibility index (Phi) is 5.82. The summed E-state index contributed by atoms with van der Waals surface area (Å²) >= 11 is 0. The van der Waals surface area contributed by atoms with Gasteiger partial charge in [0.05, 0.1) is 13.2 Å². The zero-order valence-corrected chi connectivity index (χ0v) is 16.2. The van der Waals surface area contributed by atoms with E-state index in [1.54, 1.807) is 0 Å². The van der Waals surface area contributed by atoms with Crippen molar-refractivity contribution < 1.29 is 9.64 Å². The lowest BCUT2D eigenvalue weighted by Crippen LogP contribution is -3.14. The van der Waals surface area contributed by atoms with E-state index in [9.17, 15) is 9.59 Å². The molecule has 1 aliphatic rings. The third-order valence-electron chi connectivity index (χ3n) is 5.07. The number of morpholine rings is 1. The lowest BCUT2D eigenvalue weighted by Gasteiger charge is -2.32. The quantitative estimate of drug-likeness (QED) is 0.692. The second kappa shape index (κ2) is 8.10. The smallest absolute Gasteiger partial charge is 0.329 e. The summed E-state index contributed by atoms with van der Waals surface area (Å²) < 4.78 is 6.99. The lowest BCUT2D eigenvalue weighted by atomic mass is 9.96. The van der Waals surface area contributed by atoms with Crippen LogP contribution >= 0.6 is 0 Å². The van der Waals surface area contributed by atoms with Crippen molar-refractivity contribution in [3.8, 4) is 0 Å². The van der Waals surface area contributed by atoms with Gasteiger partial charge in [-0.05, 0) is 12.8 Å². The first kappa shape index (κ1) is 19.4. The van der Waals surface area contributed by atoms with E-state index in [-0.39, 0.29) is 17.8 Å². The van der Waals surface area contributed by atoms with Gasteiger partial charge in [0, 0.05) is 12.1 Å². The number of H-pyrrole nitrogens is 1. The maximum absolute atomic E-state index is 12.8. The molecule has 1 aromatic heterocycles. The molecule has 2 heterocycles. The molecule has 2 aromatic rings. The highest BCUT2D eigenvalue weighted by molar-refractivity contribution is 5.44. The second-order valence-electron chi connectivity index (χ2n) is 7.68. The van der Waals surface area contributed by atoms with Crippen LogP contribution in [0.15, 0.2) is 33.9 Å². The predicted octanol–water partition coefficient (Wildman–Crippen LogP) is 0.0877. The van der Waals surface area contributed by atoms with Crippen LogP contribution in [-0.2, 0) is 11.3 Å². The standard InChI is InChI=1S/C20H28N4O3/c1-13(2)12-24-18(21)16(19(25)22-20(24)26)17(23-8-10-27-11-9-23)15-6-4-14(3)5-7-15/h4-7,13,17H,8-12,21H2,1-3H3,(H,22,25,26)/p+1/t17-/m1/s1. The van der Waals surface area contributed by atoms with Gasteiger partial charge in [-0.3, -0.25) is 14.3 Å². The van der Waals surface area contributed by atoms with Crippen LogP contribution in [-0.4, -0.2) is 35.9 Å². The molecule has 7 nitrogen and oxygen atoms in total. The molecule has 0 saturated carbocycles. The number of nitrogens with two attached hydrogens (primary N) is 1. The van der Waals surface area contributed by atoms with Crippen molar-refractivity contribution in [2.24, 2.45) is 5.92 Å². The van der Waals surface area contributed by atoms with Gasteiger partial charge >= 0.3 is 5.69 Å². The molecular formula is C20H29N4O3+. The molecule has 1 fully saturated rings. The summed E-state index contributed by atoms with van der Waals surface area (Å²) in [6.07, 6.45) is 0. The van der Waals surface area contributed by atoms with Crippen LogP contribution in [0.2, 0.25) is 0 Å². The number of benzene rings is 1. The predicted molar refractivity (Wildman–Crippen MR) is 105 cm³/mol. The molecule has 27 heavy (non-hydrogen) atoms. The summed E-state index contributed by atoms with van der Waals surface area (Å²) in [5.74, 6) is 0.499. The number of nitrogen functional groups attached to an aromatic ring is 1. The summed E-state index contributed by atoms with van der Waals surface area (Å²) in [5, 5.41) is 0. The summed E-state index contributed by atoms with van der Waals surface area (Å²) in [6, 6.07) is 7.92. The number of aromatic amines is 1. The third kappa shape index (κ3) is 4.14. The fraction of sp³-hybridized carbons (Fsp3) is 0.500. The van der Waals surface area contributed by atoms with E-state index in [1.807, 2.05) is 45.0 Å². The zero-order chi connectivity index (χ0) is 19.6. The van der Waals surface area contributed by atoms with Crippen LogP contribution in [0.25, 0.3) is 0 Å². The highest BCUT2D eigenvalue weighted by atomic mass is 16.5. The monoisotopic (exact) mass is 373 g/mol. The molecule has 1 aliphatic heterocycles. The first-order chi connectivity index (χ1) is 12.9. The highest BCUT2D eigenvalue weighted by Gasteiger charge is 2.33. The normalized spacial score (nSPS) is 16.6. The summed E-state index contributed by atoms with van der Waals surface area (Å²) in [6.45, 7) is 9.37. The molecular weight excluding hydrogens is 344 g/mol. The first-order valence-electron chi connectivity index (χ1n) is 9.50. The fourth-order valence-corrected chi connectivity index (χ4v) is 3.72. The molecule has 4 N–H and O–H groups in total. The highest BCUT2D eigenvalue weighted by Crippen LogP contribution is 2.22. The summed E-state index contributed by atoms with van der Waals surface area (Å²) in [4.78, 5) is 28.9. The Morgan fingerprint density at radius 3 is 2.41 bits per heavy atom. The van der Waals surface area contributed by atoms with E-state index in [2.05, 4.69) is 4.98 Å². The van der Waals surface area contributed by atoms with Crippen LogP contribution in [0.3, 0.4) is 0 Å². The molecule has 3 rings (SSSR count). The van der Waals surface area contributed by atoms with E-state index in [0.29, 0.717) is 25.3 Å². The number of anilines is 1. The van der Waals surface area contributed by atoms with Crippen molar-refractivity contribution in [2.45, 2.75) is 33.4 Å². The number of aryl methyl sites for hydroxylation is 1. The zero-order valence-electron chi connectivity index (χ0n) is 16.2. The van der Waals surface area contributed by atoms with Crippen LogP contribution in [0.5, 0.6) is 0 Å². The topological polar surface area (TPSA) is 94.5 Å². The molecule has 1 atom stereocenters. The SMILES string of the molecule is Cc1ccc([C@H](c2c(N)n(CC(C)C)c(=O)[nH]c2=O)[NH+]2CCOCC2)cc1. The molecule has 1 aromatic carbocycles. The minimum absolute atomic E-state index is 0.234. The number of hydrogen-bond acceptors (Lipinski definition) is 4. The van der Waals surface area contributed by atoms with Crippen LogP contribution < -0.4 is 21.9 Å². The number of hydrogen-bond donors (Lipinski definition) is 3. The van der Waals surface area contributed by atoms with Crippen molar-refractivity contribution in [3.63, 3.8) is 0 Å². The van der Waals surface area contributed by atoms with Gasteiger partial charge in [0.2, 0.25) is 0 Å². The van der Waals surface area contributed by atoms with Gasteiger partial charge in [-0.15, -0.1) is 0 Å². The van der Waals surface area contributed by atoms with Gasteiger partial charge < -0.3 is 15.4 Å². The Labute approximate surface area is 158 Å². The van der Waals surface area contributed by atoms with Gasteiger partial charge in [0.15, 0.2) is 0 Å². The fourth-order valence-electron chi connectivity index (χ4n) is 3.72. The molecule has 1 saturated heterocycles. The summed E-state index contributed by atoms with van der Waals surface area (Å²) in [5.41, 5.74) is 8.20. The molecule has 0 radical (unpaired) electrons. The third-order valence-corrected chi connectivity index (χ3v) is 5.07. The molecule has 0 spiro atoms. The van der Waals surface area contributed by atoms with Crippen molar-refractivity contribution >= 4 is 5.82 Å². The number of ether oxygens (including phenoxy) is 1. The number of rotatable bonds is 5. The van der Waals surface area contributed by atoms with Gasteiger partial charge in [0.25, 0.3) is 5.56 Å². The summed E-state index contributed by atoms with van der Waals surface area (Å²) in [7, 11) is 0. The maximum Gasteiger partial charge on any atom is 0.329 e. The molecule has 0 bridgehead atoms. The maximum atomic E-state index is 12.8. The van der Waals surface area contributed by atoms with Crippen molar-refractivity contribution in [3.05, 3.63) is 61.8 Å². The van der Waals surface area contributed by atoms with Gasteiger partial charge in [-0.1, -0.05) is 43.7 Å². The Hall–Kier alpha value is -2.38. The number of nitrogens with one attached hydrogen (secondary N) is 2. The van der Waals surface area contributed by atoms with Gasteiger partial charge in [-0.25, -0.2) is 4.79 Å². The molecule has 0 aliphatic carbocycles. The van der Waals surface area contributed by atoms with Gasteiger partial charge in [-0.2, -0.15) is 0 Å². The lowest BCUT2D eigenvalue weighted by molar-refractivity contribution is -0.933. The van der Waals surface area contributed by atoms with Crippen molar-refractivity contribution in [1.29, 1.82) is 0 Å². The Morgan fingerprint density at radius 2 is 1.81 bits per heavy atom. The molecule has 146 valence electrons. The van der Waals surface area contributed by atoms with E-state index < -0.39 is 11.2 Å². The average Bonchev–Trinajstić information content (AvgIpc) is 2.64. The first-order valence-corrected chi connectivity index (χ1v) is 9.50. The number of nitrogens with zero attached hydrogens (tertiary/aromatic N) is 1. The Morgan fingerprint density at radius 1 is 1.19 bits per heavy atom. The van der Waals surface area contributed by atoms with E-state index in [4.69, 9.17) is 10.5 Å². The second-order valence-corrected chi connectivity index (χ2v) is 7.68. The van der Waals surface area contributed by atoms with E-state index in [1.165, 1.54) is 9.47 Å². The number of quaternary nitrogens is 1. The van der Waals surface area contributed by atoms with Crippen LogP contribution in [0.1, 0.15) is 36.6 Å². The molecule has 7 heteroatoms. The minimum Gasteiger partial charge on any atom is -0.384 e. The number of aromatic nitrogens is 2. The van der Waals surface area contributed by atoms with Crippen LogP contribution in [0.4, 0.5) is 5.82 Å². The van der Waals surface area contributed by atoms with Gasteiger partial charge in [0.1, 0.15) is 30.5 Å². The van der Waals surface area contributed by atoms with Crippen LogP contribution in [0, 0.1) is 12.8 Å². The Balaban J connectivity index is 2.18. The largest absolute Gasteiger partial charge is 0.384 e. The van der Waals surface area contributed by atoms with E-state index in [0.717, 1.165) is 24.2 Å². The van der Waals surface area contributed by atoms with Crippen molar-refractivity contribution in [1.82, 2.24) is 9.55 Å². The molecule has 0 amide bonds.